The second-order valence-electron chi connectivity index (χ2n) is 4.86. The first-order valence-electron chi connectivity index (χ1n) is 6.01. The number of halogens is 1. The van der Waals surface area contributed by atoms with Crippen LogP contribution in [0.2, 0.25) is 0 Å². The molecular weight excluding hydrogens is 237 g/mol. The second kappa shape index (κ2) is 4.68. The Hall–Kier alpha value is -1.43. The third kappa shape index (κ3) is 2.25. The van der Waals surface area contributed by atoms with E-state index in [1.807, 2.05) is 6.92 Å². The number of aryl methyl sites for hydroxylation is 2. The van der Waals surface area contributed by atoms with E-state index in [0.717, 1.165) is 11.3 Å². The van der Waals surface area contributed by atoms with Crippen molar-refractivity contribution in [1.82, 2.24) is 15.4 Å². The Balaban J connectivity index is 2.08. The van der Waals surface area contributed by atoms with Crippen LogP contribution in [0.25, 0.3) is 0 Å². The van der Waals surface area contributed by atoms with E-state index in [1.165, 1.54) is 4.90 Å². The SMILES string of the molecule is Cc1noc(C)c1CN(C)C(=O)[C@@]1(F)CCNC1. The van der Waals surface area contributed by atoms with Crippen LogP contribution in [0.3, 0.4) is 0 Å². The lowest BCUT2D eigenvalue weighted by molar-refractivity contribution is -0.142. The van der Waals surface area contributed by atoms with Crippen molar-refractivity contribution in [2.24, 2.45) is 0 Å². The molecule has 0 spiro atoms. The van der Waals surface area contributed by atoms with Gasteiger partial charge in [0.05, 0.1) is 12.2 Å². The normalized spacial score (nSPS) is 23.3. The minimum absolute atomic E-state index is 0.0950. The lowest BCUT2D eigenvalue weighted by Crippen LogP contribution is -2.45. The van der Waals surface area contributed by atoms with Gasteiger partial charge in [0.25, 0.3) is 5.91 Å². The van der Waals surface area contributed by atoms with E-state index in [9.17, 15) is 9.18 Å². The van der Waals surface area contributed by atoms with Crippen molar-refractivity contribution in [1.29, 1.82) is 0 Å². The van der Waals surface area contributed by atoms with Gasteiger partial charge in [-0.3, -0.25) is 4.79 Å². The summed E-state index contributed by atoms with van der Waals surface area (Å²) in [5.74, 6) is 0.192. The van der Waals surface area contributed by atoms with Crippen molar-refractivity contribution in [3.8, 4) is 0 Å². The second-order valence-corrected chi connectivity index (χ2v) is 4.86. The molecule has 5 nitrogen and oxygen atoms in total. The fourth-order valence-corrected chi connectivity index (χ4v) is 2.22. The molecule has 1 amide bonds. The van der Waals surface area contributed by atoms with Gasteiger partial charge in [-0.1, -0.05) is 5.16 Å². The van der Waals surface area contributed by atoms with Crippen molar-refractivity contribution < 1.29 is 13.7 Å². The molecule has 100 valence electrons. The van der Waals surface area contributed by atoms with Crippen LogP contribution >= 0.6 is 0 Å². The predicted octanol–water partition coefficient (Wildman–Crippen LogP) is 0.951. The zero-order valence-corrected chi connectivity index (χ0v) is 10.9. The predicted molar refractivity (Wildman–Crippen MR) is 63.8 cm³/mol. The highest BCUT2D eigenvalue weighted by molar-refractivity contribution is 5.85. The standard InChI is InChI=1S/C12H18FN3O2/c1-8-10(9(2)18-15-8)6-16(3)11(17)12(13)4-5-14-7-12/h14H,4-7H2,1-3H3/t12-/m1/s1. The van der Waals surface area contributed by atoms with E-state index < -0.39 is 11.6 Å². The van der Waals surface area contributed by atoms with E-state index in [0.29, 0.717) is 18.8 Å². The monoisotopic (exact) mass is 255 g/mol. The first-order valence-corrected chi connectivity index (χ1v) is 6.01. The number of nitrogens with one attached hydrogen (secondary N) is 1. The lowest BCUT2D eigenvalue weighted by atomic mass is 10.0. The fraction of sp³-hybridized carbons (Fsp3) is 0.667. The van der Waals surface area contributed by atoms with Gasteiger partial charge in [0, 0.05) is 25.6 Å². The molecule has 1 aromatic heterocycles. The van der Waals surface area contributed by atoms with Gasteiger partial charge in [0.15, 0.2) is 0 Å². The van der Waals surface area contributed by atoms with E-state index in [-0.39, 0.29) is 13.0 Å². The summed E-state index contributed by atoms with van der Waals surface area (Å²) in [7, 11) is 1.61. The molecule has 1 saturated heterocycles. The van der Waals surface area contributed by atoms with Crippen molar-refractivity contribution in [3.63, 3.8) is 0 Å². The molecule has 1 atom stereocenters. The molecule has 1 fully saturated rings. The molecule has 0 radical (unpaired) electrons. The van der Waals surface area contributed by atoms with Gasteiger partial charge in [0.2, 0.25) is 5.67 Å². The van der Waals surface area contributed by atoms with E-state index in [4.69, 9.17) is 4.52 Å². The number of carbonyl (C=O) groups excluding carboxylic acids is 1. The zero-order chi connectivity index (χ0) is 13.3. The van der Waals surface area contributed by atoms with Crippen LogP contribution in [0.5, 0.6) is 0 Å². The maximum atomic E-state index is 14.3. The van der Waals surface area contributed by atoms with Gasteiger partial charge < -0.3 is 14.7 Å². The van der Waals surface area contributed by atoms with Crippen molar-refractivity contribution in [2.75, 3.05) is 20.1 Å². The summed E-state index contributed by atoms with van der Waals surface area (Å²) in [5, 5.41) is 6.70. The largest absolute Gasteiger partial charge is 0.361 e. The highest BCUT2D eigenvalue weighted by Gasteiger charge is 2.43. The van der Waals surface area contributed by atoms with Gasteiger partial charge in [-0.25, -0.2) is 4.39 Å². The van der Waals surface area contributed by atoms with E-state index >= 15 is 0 Å². The third-order valence-electron chi connectivity index (χ3n) is 3.41. The third-order valence-corrected chi connectivity index (χ3v) is 3.41. The van der Waals surface area contributed by atoms with Crippen LogP contribution in [0.4, 0.5) is 4.39 Å². The van der Waals surface area contributed by atoms with Gasteiger partial charge in [0.1, 0.15) is 5.76 Å². The van der Waals surface area contributed by atoms with Crippen LogP contribution in [0.1, 0.15) is 23.4 Å². The number of hydrogen-bond donors (Lipinski definition) is 1. The summed E-state index contributed by atoms with van der Waals surface area (Å²) in [4.78, 5) is 13.5. The van der Waals surface area contributed by atoms with Gasteiger partial charge >= 0.3 is 0 Å². The van der Waals surface area contributed by atoms with E-state index in [2.05, 4.69) is 10.5 Å². The topological polar surface area (TPSA) is 58.4 Å². The van der Waals surface area contributed by atoms with E-state index in [1.54, 1.807) is 14.0 Å². The summed E-state index contributed by atoms with van der Waals surface area (Å²) in [6, 6.07) is 0. The van der Waals surface area contributed by atoms with Crippen LogP contribution in [-0.2, 0) is 11.3 Å². The molecule has 0 saturated carbocycles. The van der Waals surface area contributed by atoms with Gasteiger partial charge in [-0.15, -0.1) is 0 Å². The smallest absolute Gasteiger partial charge is 0.261 e. The van der Waals surface area contributed by atoms with Crippen LogP contribution in [-0.4, -0.2) is 41.8 Å². The molecule has 1 aromatic rings. The Morgan fingerprint density at radius 1 is 1.61 bits per heavy atom. The van der Waals surface area contributed by atoms with Crippen molar-refractivity contribution in [3.05, 3.63) is 17.0 Å². The molecule has 0 aliphatic carbocycles. The molecular formula is C12H18FN3O2. The van der Waals surface area contributed by atoms with Gasteiger partial charge in [-0.05, 0) is 20.4 Å². The Labute approximate surface area is 105 Å². The Morgan fingerprint density at radius 3 is 2.83 bits per heavy atom. The van der Waals surface area contributed by atoms with Crippen LogP contribution < -0.4 is 5.32 Å². The molecule has 0 unspecified atom stereocenters. The summed E-state index contributed by atoms with van der Waals surface area (Å²) in [6.07, 6.45) is 0.234. The number of rotatable bonds is 3. The molecule has 0 bridgehead atoms. The average molecular weight is 255 g/mol. The molecule has 18 heavy (non-hydrogen) atoms. The lowest BCUT2D eigenvalue weighted by Gasteiger charge is -2.25. The number of alkyl halides is 1. The molecule has 2 rings (SSSR count). The van der Waals surface area contributed by atoms with Crippen molar-refractivity contribution >= 4 is 5.91 Å². The molecule has 0 aromatic carbocycles. The zero-order valence-electron chi connectivity index (χ0n) is 10.9. The molecule has 1 aliphatic rings. The molecule has 2 heterocycles. The number of hydrogen-bond acceptors (Lipinski definition) is 4. The first kappa shape index (κ1) is 13.0. The fourth-order valence-electron chi connectivity index (χ4n) is 2.22. The van der Waals surface area contributed by atoms with Gasteiger partial charge in [-0.2, -0.15) is 0 Å². The van der Waals surface area contributed by atoms with Crippen LogP contribution in [0.15, 0.2) is 4.52 Å². The number of carbonyl (C=O) groups is 1. The Kier molecular flexibility index (Phi) is 3.38. The Morgan fingerprint density at radius 2 is 2.33 bits per heavy atom. The minimum atomic E-state index is -1.77. The maximum absolute atomic E-state index is 14.3. The number of nitrogens with zero attached hydrogens (tertiary/aromatic N) is 2. The molecule has 6 heteroatoms. The number of amides is 1. The Bertz CT molecular complexity index is 433. The number of aromatic nitrogens is 1. The average Bonchev–Trinajstić information content (AvgIpc) is 2.90. The first-order chi connectivity index (χ1) is 8.44. The summed E-state index contributed by atoms with van der Waals surface area (Å²) < 4.78 is 19.3. The maximum Gasteiger partial charge on any atom is 0.261 e. The molecule has 1 N–H and O–H groups in total. The highest BCUT2D eigenvalue weighted by atomic mass is 19.1. The summed E-state index contributed by atoms with van der Waals surface area (Å²) in [5.41, 5.74) is -0.182. The summed E-state index contributed by atoms with van der Waals surface area (Å²) in [6.45, 7) is 4.56. The molecule has 1 aliphatic heterocycles. The van der Waals surface area contributed by atoms with Crippen molar-refractivity contribution in [2.45, 2.75) is 32.5 Å². The highest BCUT2D eigenvalue weighted by Crippen LogP contribution is 2.24. The quantitative estimate of drug-likeness (QED) is 0.873. The summed E-state index contributed by atoms with van der Waals surface area (Å²) >= 11 is 0. The minimum Gasteiger partial charge on any atom is -0.361 e. The van der Waals surface area contributed by atoms with Crippen LogP contribution in [0, 0.1) is 13.8 Å².